The molecule has 0 saturated carbocycles. The van der Waals surface area contributed by atoms with Crippen molar-refractivity contribution in [3.05, 3.63) is 23.9 Å². The lowest BCUT2D eigenvalue weighted by Crippen LogP contribution is -2.63. The van der Waals surface area contributed by atoms with Crippen LogP contribution in [0.4, 0.5) is 5.82 Å². The quantitative estimate of drug-likeness (QED) is 0.767. The number of rotatable bonds is 2. The van der Waals surface area contributed by atoms with Crippen molar-refractivity contribution in [3.63, 3.8) is 0 Å². The number of hydrogen-bond acceptors (Lipinski definition) is 5. The molecule has 2 fully saturated rings. The number of aromatic nitrogens is 1. The van der Waals surface area contributed by atoms with Crippen LogP contribution in [0.1, 0.15) is 5.56 Å². The van der Waals surface area contributed by atoms with E-state index < -0.39 is 0 Å². The van der Waals surface area contributed by atoms with E-state index >= 15 is 0 Å². The van der Waals surface area contributed by atoms with Gasteiger partial charge in [0.2, 0.25) is 0 Å². The summed E-state index contributed by atoms with van der Waals surface area (Å²) in [5.41, 5.74) is 0.625. The molecular weight excluding hydrogens is 238 g/mol. The lowest BCUT2D eigenvalue weighted by Gasteiger charge is -2.48. The topological polar surface area (TPSA) is 46.4 Å². The van der Waals surface area contributed by atoms with E-state index in [0.29, 0.717) is 11.6 Å². The zero-order chi connectivity index (χ0) is 13.2. The molecule has 0 unspecified atom stereocenters. The van der Waals surface area contributed by atoms with Crippen LogP contribution in [0.2, 0.25) is 0 Å². The molecule has 3 heterocycles. The number of likely N-dealkylation sites (N-methyl/N-ethyl adjacent to an activating group) is 1. The van der Waals surface area contributed by atoms with E-state index in [-0.39, 0.29) is 0 Å². The highest BCUT2D eigenvalue weighted by Crippen LogP contribution is 2.22. The second-order valence-corrected chi connectivity index (χ2v) is 5.41. The van der Waals surface area contributed by atoms with Crippen molar-refractivity contribution in [2.75, 3.05) is 51.2 Å². The fraction of sp³-hybridized carbons (Fsp3) is 0.571. The van der Waals surface area contributed by atoms with Gasteiger partial charge in [-0.05, 0) is 19.2 Å². The zero-order valence-corrected chi connectivity index (χ0v) is 11.3. The van der Waals surface area contributed by atoms with Gasteiger partial charge in [-0.1, -0.05) is 0 Å². The summed E-state index contributed by atoms with van der Waals surface area (Å²) in [6, 6.07) is 6.55. The summed E-state index contributed by atoms with van der Waals surface area (Å²) in [5.74, 6) is 0.990. The van der Waals surface area contributed by atoms with Crippen LogP contribution >= 0.6 is 0 Å². The van der Waals surface area contributed by atoms with Gasteiger partial charge in [-0.25, -0.2) is 4.98 Å². The summed E-state index contributed by atoms with van der Waals surface area (Å²) in [6.07, 6.45) is 1.65. The number of piperazine rings is 1. The van der Waals surface area contributed by atoms with Gasteiger partial charge in [-0.3, -0.25) is 4.90 Å². The molecule has 5 nitrogen and oxygen atoms in total. The van der Waals surface area contributed by atoms with Crippen LogP contribution < -0.4 is 4.90 Å². The van der Waals surface area contributed by atoms with Gasteiger partial charge in [-0.2, -0.15) is 5.26 Å². The van der Waals surface area contributed by atoms with Crippen molar-refractivity contribution in [2.45, 2.75) is 6.04 Å². The first-order valence-electron chi connectivity index (χ1n) is 6.80. The van der Waals surface area contributed by atoms with Crippen molar-refractivity contribution < 1.29 is 0 Å². The number of nitrogens with zero attached hydrogens (tertiary/aromatic N) is 5. The lowest BCUT2D eigenvalue weighted by atomic mass is 10.1. The fourth-order valence-electron chi connectivity index (χ4n) is 2.70. The first-order valence-corrected chi connectivity index (χ1v) is 6.80. The van der Waals surface area contributed by atoms with Crippen LogP contribution in [0.5, 0.6) is 0 Å². The van der Waals surface area contributed by atoms with Gasteiger partial charge in [0.15, 0.2) is 0 Å². The normalized spacial score (nSPS) is 22.0. The van der Waals surface area contributed by atoms with E-state index in [1.807, 2.05) is 12.1 Å². The standard InChI is InChI=1S/C14H19N5/c1-17-4-6-18(7-5-17)13-10-19(11-13)14-3-2-12(8-15)9-16-14/h2-3,9,13H,4-7,10-11H2,1H3. The van der Waals surface area contributed by atoms with E-state index in [0.717, 1.165) is 18.9 Å². The molecule has 19 heavy (non-hydrogen) atoms. The first kappa shape index (κ1) is 12.4. The molecule has 0 aliphatic carbocycles. The maximum atomic E-state index is 8.76. The Morgan fingerprint density at radius 2 is 1.95 bits per heavy atom. The minimum atomic E-state index is 0.625. The lowest BCUT2D eigenvalue weighted by molar-refractivity contribution is 0.0961. The van der Waals surface area contributed by atoms with Crippen molar-refractivity contribution in [1.29, 1.82) is 5.26 Å². The summed E-state index contributed by atoms with van der Waals surface area (Å²) in [4.78, 5) is 11.6. The van der Waals surface area contributed by atoms with Crippen LogP contribution in [-0.2, 0) is 0 Å². The summed E-state index contributed by atoms with van der Waals surface area (Å²) in [5, 5.41) is 8.76. The average Bonchev–Trinajstić information content (AvgIpc) is 2.40. The monoisotopic (exact) mass is 257 g/mol. The Balaban J connectivity index is 1.53. The van der Waals surface area contributed by atoms with Crippen LogP contribution in [-0.4, -0.2) is 67.1 Å². The summed E-state index contributed by atoms with van der Waals surface area (Å²) in [7, 11) is 2.19. The minimum absolute atomic E-state index is 0.625. The largest absolute Gasteiger partial charge is 0.353 e. The molecule has 0 radical (unpaired) electrons. The molecule has 5 heteroatoms. The highest BCUT2D eigenvalue weighted by atomic mass is 15.4. The van der Waals surface area contributed by atoms with Crippen molar-refractivity contribution >= 4 is 5.82 Å². The Bertz CT molecular complexity index is 464. The Morgan fingerprint density at radius 1 is 1.21 bits per heavy atom. The molecule has 0 N–H and O–H groups in total. The summed E-state index contributed by atoms with van der Waals surface area (Å²) in [6.45, 7) is 6.81. The molecule has 0 bridgehead atoms. The Labute approximate surface area is 114 Å². The smallest absolute Gasteiger partial charge is 0.128 e. The minimum Gasteiger partial charge on any atom is -0.353 e. The van der Waals surface area contributed by atoms with Crippen molar-refractivity contribution in [3.8, 4) is 6.07 Å². The Morgan fingerprint density at radius 3 is 2.53 bits per heavy atom. The van der Waals surface area contributed by atoms with Gasteiger partial charge in [0.05, 0.1) is 5.56 Å². The van der Waals surface area contributed by atoms with E-state index in [1.165, 1.54) is 26.2 Å². The van der Waals surface area contributed by atoms with Crippen molar-refractivity contribution in [1.82, 2.24) is 14.8 Å². The molecule has 0 amide bonds. The van der Waals surface area contributed by atoms with Crippen LogP contribution in [0.25, 0.3) is 0 Å². The van der Waals surface area contributed by atoms with E-state index in [9.17, 15) is 0 Å². The zero-order valence-electron chi connectivity index (χ0n) is 11.3. The molecule has 2 aliphatic rings. The highest BCUT2D eigenvalue weighted by Gasteiger charge is 2.33. The van der Waals surface area contributed by atoms with Gasteiger partial charge < -0.3 is 9.80 Å². The van der Waals surface area contributed by atoms with Gasteiger partial charge in [0, 0.05) is 51.5 Å². The molecule has 0 spiro atoms. The molecular formula is C14H19N5. The molecule has 3 rings (SSSR count). The SMILES string of the molecule is CN1CCN(C2CN(c3ccc(C#N)cn3)C2)CC1. The van der Waals surface area contributed by atoms with E-state index in [1.54, 1.807) is 6.20 Å². The number of nitriles is 1. The van der Waals surface area contributed by atoms with E-state index in [2.05, 4.69) is 32.8 Å². The van der Waals surface area contributed by atoms with E-state index in [4.69, 9.17) is 5.26 Å². The number of anilines is 1. The average molecular weight is 257 g/mol. The molecule has 1 aromatic rings. The predicted molar refractivity (Wildman–Crippen MR) is 74.0 cm³/mol. The highest BCUT2D eigenvalue weighted by molar-refractivity contribution is 5.45. The maximum Gasteiger partial charge on any atom is 0.128 e. The van der Waals surface area contributed by atoms with Gasteiger partial charge in [-0.15, -0.1) is 0 Å². The Hall–Kier alpha value is -1.64. The molecule has 1 aromatic heterocycles. The van der Waals surface area contributed by atoms with Crippen LogP contribution in [0.3, 0.4) is 0 Å². The molecule has 2 saturated heterocycles. The summed E-state index contributed by atoms with van der Waals surface area (Å²) >= 11 is 0. The number of hydrogen-bond donors (Lipinski definition) is 0. The molecule has 100 valence electrons. The van der Waals surface area contributed by atoms with Crippen molar-refractivity contribution in [2.24, 2.45) is 0 Å². The molecule has 0 atom stereocenters. The van der Waals surface area contributed by atoms with Crippen LogP contribution in [0, 0.1) is 11.3 Å². The first-order chi connectivity index (χ1) is 9.26. The Kier molecular flexibility index (Phi) is 3.36. The molecule has 2 aliphatic heterocycles. The third-order valence-electron chi connectivity index (χ3n) is 4.12. The van der Waals surface area contributed by atoms with Crippen LogP contribution in [0.15, 0.2) is 18.3 Å². The fourth-order valence-corrected chi connectivity index (χ4v) is 2.70. The maximum absolute atomic E-state index is 8.76. The third-order valence-corrected chi connectivity index (χ3v) is 4.12. The predicted octanol–water partition coefficient (Wildman–Crippen LogP) is 0.389. The molecule has 0 aromatic carbocycles. The number of pyridine rings is 1. The second kappa shape index (κ2) is 5.16. The van der Waals surface area contributed by atoms with Gasteiger partial charge >= 0.3 is 0 Å². The third kappa shape index (κ3) is 2.55. The van der Waals surface area contributed by atoms with Gasteiger partial charge in [0.1, 0.15) is 11.9 Å². The second-order valence-electron chi connectivity index (χ2n) is 5.41. The summed E-state index contributed by atoms with van der Waals surface area (Å²) < 4.78 is 0. The van der Waals surface area contributed by atoms with Gasteiger partial charge in [0.25, 0.3) is 0 Å².